The summed E-state index contributed by atoms with van der Waals surface area (Å²) in [6.07, 6.45) is 4.47. The van der Waals surface area contributed by atoms with Gasteiger partial charge in [-0.05, 0) is 45.7 Å². The third-order valence-electron chi connectivity index (χ3n) is 3.03. The van der Waals surface area contributed by atoms with Crippen molar-refractivity contribution in [2.45, 2.75) is 59.0 Å². The molecule has 0 unspecified atom stereocenters. The van der Waals surface area contributed by atoms with Gasteiger partial charge in [-0.25, -0.2) is 9.97 Å². The van der Waals surface area contributed by atoms with Crippen molar-refractivity contribution in [3.05, 3.63) is 30.0 Å². The molecule has 0 aliphatic rings. The van der Waals surface area contributed by atoms with Crippen molar-refractivity contribution in [3.63, 3.8) is 0 Å². The van der Waals surface area contributed by atoms with E-state index in [0.29, 0.717) is 5.88 Å². The van der Waals surface area contributed by atoms with Gasteiger partial charge < -0.3 is 4.74 Å². The Morgan fingerprint density at radius 2 is 1.65 bits per heavy atom. The second-order valence-corrected chi connectivity index (χ2v) is 6.14. The van der Waals surface area contributed by atoms with Crippen molar-refractivity contribution in [1.82, 2.24) is 9.97 Å². The molecule has 0 aliphatic heterocycles. The minimum atomic E-state index is -0.253. The zero-order valence-corrected chi connectivity index (χ0v) is 12.9. The first-order valence-corrected chi connectivity index (χ1v) is 7.44. The lowest BCUT2D eigenvalue weighted by Crippen LogP contribution is -2.24. The Balaban J connectivity index is 2.36. The smallest absolute Gasteiger partial charge is 0.236 e. The number of hydrogen-bond acceptors (Lipinski definition) is 3. The molecule has 1 aromatic heterocycles. The Hall–Kier alpha value is -1.64. The van der Waals surface area contributed by atoms with Crippen LogP contribution < -0.4 is 4.74 Å². The van der Waals surface area contributed by atoms with E-state index in [1.165, 1.54) is 12.8 Å². The maximum atomic E-state index is 6.00. The summed E-state index contributed by atoms with van der Waals surface area (Å²) in [5.41, 5.74) is 2.56. The number of aromatic nitrogens is 2. The molecular weight excluding hydrogens is 248 g/mol. The van der Waals surface area contributed by atoms with E-state index in [1.54, 1.807) is 0 Å². The summed E-state index contributed by atoms with van der Waals surface area (Å²) < 4.78 is 6.00. The van der Waals surface area contributed by atoms with Crippen molar-refractivity contribution in [3.8, 4) is 5.88 Å². The van der Waals surface area contributed by atoms with E-state index in [1.807, 2.05) is 45.0 Å². The average Bonchev–Trinajstić information content (AvgIpc) is 2.37. The topological polar surface area (TPSA) is 35.0 Å². The molecule has 0 saturated heterocycles. The van der Waals surface area contributed by atoms with E-state index in [2.05, 4.69) is 11.9 Å². The molecular formula is C17H24N2O. The zero-order valence-electron chi connectivity index (χ0n) is 12.9. The van der Waals surface area contributed by atoms with Crippen LogP contribution in [0.25, 0.3) is 11.0 Å². The van der Waals surface area contributed by atoms with Gasteiger partial charge in [0.05, 0.1) is 11.0 Å². The van der Waals surface area contributed by atoms with Crippen LogP contribution >= 0.6 is 0 Å². The number of nitrogens with zero attached hydrogens (tertiary/aromatic N) is 2. The van der Waals surface area contributed by atoms with Crippen LogP contribution in [0.2, 0.25) is 0 Å². The Labute approximate surface area is 121 Å². The van der Waals surface area contributed by atoms with Crippen LogP contribution in [0.1, 0.15) is 52.7 Å². The van der Waals surface area contributed by atoms with Crippen molar-refractivity contribution >= 4 is 11.0 Å². The molecule has 0 fully saturated rings. The van der Waals surface area contributed by atoms with Crippen LogP contribution in [0.5, 0.6) is 5.88 Å². The highest BCUT2D eigenvalue weighted by Crippen LogP contribution is 2.24. The molecule has 0 saturated carbocycles. The molecule has 0 bridgehead atoms. The molecule has 0 N–H and O–H groups in total. The Morgan fingerprint density at radius 3 is 2.25 bits per heavy atom. The van der Waals surface area contributed by atoms with E-state index in [9.17, 15) is 0 Å². The minimum absolute atomic E-state index is 0.253. The molecule has 3 heteroatoms. The lowest BCUT2D eigenvalue weighted by molar-refractivity contribution is 0.122. The number of para-hydroxylation sites is 2. The fourth-order valence-electron chi connectivity index (χ4n) is 2.10. The van der Waals surface area contributed by atoms with E-state index >= 15 is 0 Å². The number of hydrogen-bond donors (Lipinski definition) is 0. The van der Waals surface area contributed by atoms with Gasteiger partial charge in [0.2, 0.25) is 5.88 Å². The minimum Gasteiger partial charge on any atom is -0.471 e. The van der Waals surface area contributed by atoms with Crippen LogP contribution in [0.3, 0.4) is 0 Å². The summed E-state index contributed by atoms with van der Waals surface area (Å²) in [5.74, 6) is 0.687. The maximum Gasteiger partial charge on any atom is 0.236 e. The van der Waals surface area contributed by atoms with Crippen LogP contribution in [-0.2, 0) is 6.42 Å². The third kappa shape index (κ3) is 3.92. The van der Waals surface area contributed by atoms with Gasteiger partial charge in [0, 0.05) is 0 Å². The molecule has 0 atom stereocenters. The molecule has 2 aromatic rings. The van der Waals surface area contributed by atoms with E-state index in [-0.39, 0.29) is 5.60 Å². The number of unbranched alkanes of at least 4 members (excludes halogenated alkanes) is 2. The van der Waals surface area contributed by atoms with Gasteiger partial charge in [-0.1, -0.05) is 31.9 Å². The van der Waals surface area contributed by atoms with Gasteiger partial charge in [0.25, 0.3) is 0 Å². The fourth-order valence-corrected chi connectivity index (χ4v) is 2.10. The first kappa shape index (κ1) is 14.8. The van der Waals surface area contributed by atoms with E-state index < -0.39 is 0 Å². The lowest BCUT2D eigenvalue weighted by Gasteiger charge is -2.22. The second-order valence-electron chi connectivity index (χ2n) is 6.14. The second kappa shape index (κ2) is 6.21. The largest absolute Gasteiger partial charge is 0.471 e. The first-order chi connectivity index (χ1) is 9.49. The Morgan fingerprint density at radius 1 is 1.00 bits per heavy atom. The van der Waals surface area contributed by atoms with E-state index in [4.69, 9.17) is 9.72 Å². The highest BCUT2D eigenvalue weighted by Gasteiger charge is 2.17. The fraction of sp³-hybridized carbons (Fsp3) is 0.529. The molecule has 1 aromatic carbocycles. The molecule has 3 nitrogen and oxygen atoms in total. The van der Waals surface area contributed by atoms with Crippen molar-refractivity contribution in [2.24, 2.45) is 0 Å². The summed E-state index contributed by atoms with van der Waals surface area (Å²) in [6.45, 7) is 8.33. The predicted octanol–water partition coefficient (Wildman–Crippen LogP) is 4.54. The number of aryl methyl sites for hydroxylation is 1. The quantitative estimate of drug-likeness (QED) is 0.749. The molecule has 20 heavy (non-hydrogen) atoms. The monoisotopic (exact) mass is 272 g/mol. The normalized spacial score (nSPS) is 11.8. The average molecular weight is 272 g/mol. The highest BCUT2D eigenvalue weighted by molar-refractivity contribution is 5.74. The lowest BCUT2D eigenvalue weighted by atomic mass is 10.1. The van der Waals surface area contributed by atoms with Crippen molar-refractivity contribution in [1.29, 1.82) is 0 Å². The van der Waals surface area contributed by atoms with Crippen LogP contribution in [0, 0.1) is 0 Å². The summed E-state index contributed by atoms with van der Waals surface area (Å²) >= 11 is 0. The maximum absolute atomic E-state index is 6.00. The zero-order chi connectivity index (χ0) is 14.6. The summed E-state index contributed by atoms with van der Waals surface area (Å²) in [4.78, 5) is 9.40. The van der Waals surface area contributed by atoms with Crippen LogP contribution in [0.4, 0.5) is 0 Å². The Bertz CT molecular complexity index is 573. The van der Waals surface area contributed by atoms with Gasteiger partial charge in [-0.2, -0.15) is 0 Å². The van der Waals surface area contributed by atoms with Crippen molar-refractivity contribution in [2.75, 3.05) is 0 Å². The predicted molar refractivity (Wildman–Crippen MR) is 83.1 cm³/mol. The molecule has 0 spiro atoms. The SMILES string of the molecule is CCCCCc1nc2ccccc2nc1OC(C)(C)C. The highest BCUT2D eigenvalue weighted by atomic mass is 16.5. The molecule has 108 valence electrons. The van der Waals surface area contributed by atoms with Crippen LogP contribution in [-0.4, -0.2) is 15.6 Å². The summed E-state index contributed by atoms with van der Waals surface area (Å²) in [7, 11) is 0. The number of fused-ring (bicyclic) bond motifs is 1. The van der Waals surface area contributed by atoms with Gasteiger partial charge in [-0.3, -0.25) is 0 Å². The first-order valence-electron chi connectivity index (χ1n) is 7.44. The standard InChI is InChI=1S/C17H24N2O/c1-5-6-7-12-15-16(20-17(2,3)4)19-14-11-9-8-10-13(14)18-15/h8-11H,5-7,12H2,1-4H3. The summed E-state index contributed by atoms with van der Waals surface area (Å²) in [6, 6.07) is 7.96. The van der Waals surface area contributed by atoms with Crippen molar-refractivity contribution < 1.29 is 4.74 Å². The van der Waals surface area contributed by atoms with Gasteiger partial charge in [0.15, 0.2) is 0 Å². The number of ether oxygens (including phenoxy) is 1. The number of benzene rings is 1. The molecule has 1 heterocycles. The number of rotatable bonds is 5. The molecule has 0 aliphatic carbocycles. The van der Waals surface area contributed by atoms with Gasteiger partial charge >= 0.3 is 0 Å². The summed E-state index contributed by atoms with van der Waals surface area (Å²) in [5, 5.41) is 0. The third-order valence-corrected chi connectivity index (χ3v) is 3.03. The molecule has 0 radical (unpaired) electrons. The van der Waals surface area contributed by atoms with Crippen LogP contribution in [0.15, 0.2) is 24.3 Å². The Kier molecular flexibility index (Phi) is 4.58. The molecule has 2 rings (SSSR count). The van der Waals surface area contributed by atoms with Gasteiger partial charge in [0.1, 0.15) is 11.3 Å². The molecule has 0 amide bonds. The van der Waals surface area contributed by atoms with Gasteiger partial charge in [-0.15, -0.1) is 0 Å². The van der Waals surface area contributed by atoms with E-state index in [0.717, 1.165) is 29.6 Å².